The van der Waals surface area contributed by atoms with Gasteiger partial charge in [-0.1, -0.05) is 24.4 Å². The summed E-state index contributed by atoms with van der Waals surface area (Å²) in [7, 11) is -0.580. The molecule has 2 rings (SSSR count). The van der Waals surface area contributed by atoms with E-state index in [2.05, 4.69) is 5.10 Å². The van der Waals surface area contributed by atoms with Crippen LogP contribution in [0.3, 0.4) is 0 Å². The zero-order valence-corrected chi connectivity index (χ0v) is 12.6. The number of nitrogens with zero attached hydrogens (tertiary/aromatic N) is 3. The van der Waals surface area contributed by atoms with Gasteiger partial charge in [-0.3, -0.25) is 8.99 Å². The van der Waals surface area contributed by atoms with Crippen LogP contribution in [-0.2, 0) is 17.1 Å². The minimum absolute atomic E-state index is 0.111. The van der Waals surface area contributed by atoms with Crippen molar-refractivity contribution in [1.29, 1.82) is 0 Å². The lowest BCUT2D eigenvalue weighted by Crippen LogP contribution is -2.28. The van der Waals surface area contributed by atoms with E-state index >= 15 is 0 Å². The third-order valence-electron chi connectivity index (χ3n) is 2.85. The van der Waals surface area contributed by atoms with Gasteiger partial charge in [-0.15, -0.1) is 0 Å². The van der Waals surface area contributed by atoms with E-state index in [1.165, 1.54) is 24.1 Å². The number of hydrogen-bond donors (Lipinski definition) is 1. The second-order valence-corrected chi connectivity index (χ2v) is 6.61. The number of sulfonamides is 1. The molecule has 0 spiro atoms. The van der Waals surface area contributed by atoms with Gasteiger partial charge in [0.15, 0.2) is 0 Å². The molecule has 0 aliphatic rings. The van der Waals surface area contributed by atoms with Crippen LogP contribution in [0.1, 0.15) is 5.56 Å². The van der Waals surface area contributed by atoms with Crippen molar-refractivity contribution >= 4 is 32.9 Å². The van der Waals surface area contributed by atoms with E-state index in [0.717, 1.165) is 4.31 Å². The summed E-state index contributed by atoms with van der Waals surface area (Å²) < 4.78 is 27.6. The van der Waals surface area contributed by atoms with Gasteiger partial charge in [0, 0.05) is 25.9 Å². The Bertz CT molecular complexity index is 752. The molecule has 0 unspecified atom stereocenters. The molecule has 0 saturated heterocycles. The third-order valence-corrected chi connectivity index (χ3v) is 4.79. The maximum atomic E-state index is 12.5. The summed E-state index contributed by atoms with van der Waals surface area (Å²) in [5, 5.41) is 3.88. The molecule has 106 valence electrons. The van der Waals surface area contributed by atoms with E-state index < -0.39 is 10.0 Å². The number of hydrogen-bond acceptors (Lipinski definition) is 4. The number of benzene rings is 1. The highest BCUT2D eigenvalue weighted by Gasteiger charge is 2.24. The molecule has 0 bridgehead atoms. The number of anilines is 1. The van der Waals surface area contributed by atoms with Gasteiger partial charge in [0.25, 0.3) is 10.0 Å². The van der Waals surface area contributed by atoms with E-state index in [0.29, 0.717) is 11.3 Å². The van der Waals surface area contributed by atoms with Crippen molar-refractivity contribution in [3.05, 3.63) is 42.2 Å². The average molecular weight is 310 g/mol. The van der Waals surface area contributed by atoms with Crippen molar-refractivity contribution in [3.63, 3.8) is 0 Å². The molecule has 0 radical (unpaired) electrons. The standard InChI is InChI=1S/C12H14N4O2S2/c1-15-8-9(7-14-15)20(17,18)16(2)11-6-4-3-5-10(11)12(13)19/h3-8H,1-2H3,(H2,13,19). The molecule has 20 heavy (non-hydrogen) atoms. The molecule has 0 fully saturated rings. The summed E-state index contributed by atoms with van der Waals surface area (Å²) in [5.41, 5.74) is 6.58. The minimum Gasteiger partial charge on any atom is -0.389 e. The van der Waals surface area contributed by atoms with Crippen molar-refractivity contribution in [2.24, 2.45) is 12.8 Å². The van der Waals surface area contributed by atoms with Crippen LogP contribution in [0, 0.1) is 0 Å². The maximum Gasteiger partial charge on any atom is 0.267 e. The van der Waals surface area contributed by atoms with Crippen LogP contribution in [0.25, 0.3) is 0 Å². The van der Waals surface area contributed by atoms with Gasteiger partial charge >= 0.3 is 0 Å². The minimum atomic E-state index is -3.69. The summed E-state index contributed by atoms with van der Waals surface area (Å²) in [4.78, 5) is 0.258. The van der Waals surface area contributed by atoms with Crippen LogP contribution in [0.2, 0.25) is 0 Å². The zero-order valence-electron chi connectivity index (χ0n) is 11.0. The number of aromatic nitrogens is 2. The van der Waals surface area contributed by atoms with Crippen LogP contribution in [-0.4, -0.2) is 30.2 Å². The number of para-hydroxylation sites is 1. The lowest BCUT2D eigenvalue weighted by Gasteiger charge is -2.21. The van der Waals surface area contributed by atoms with Crippen molar-refractivity contribution in [1.82, 2.24) is 9.78 Å². The molecule has 2 aromatic rings. The smallest absolute Gasteiger partial charge is 0.267 e. The van der Waals surface area contributed by atoms with Crippen LogP contribution in [0.15, 0.2) is 41.6 Å². The first-order valence-electron chi connectivity index (χ1n) is 5.70. The molecule has 0 aliphatic carbocycles. The zero-order chi connectivity index (χ0) is 14.9. The van der Waals surface area contributed by atoms with Gasteiger partial charge < -0.3 is 5.73 Å². The topological polar surface area (TPSA) is 81.2 Å². The number of aryl methyl sites for hydroxylation is 1. The van der Waals surface area contributed by atoms with Gasteiger partial charge in [0.1, 0.15) is 9.88 Å². The number of nitrogens with two attached hydrogens (primary N) is 1. The summed E-state index contributed by atoms with van der Waals surface area (Å²) in [6.07, 6.45) is 2.74. The summed E-state index contributed by atoms with van der Waals surface area (Å²) in [6, 6.07) is 6.82. The highest BCUT2D eigenvalue weighted by molar-refractivity contribution is 7.92. The largest absolute Gasteiger partial charge is 0.389 e. The fraction of sp³-hybridized carbons (Fsp3) is 0.167. The summed E-state index contributed by atoms with van der Waals surface area (Å²) >= 11 is 4.95. The predicted molar refractivity (Wildman–Crippen MR) is 81.1 cm³/mol. The van der Waals surface area contributed by atoms with Crippen molar-refractivity contribution in [2.45, 2.75) is 4.90 Å². The van der Waals surface area contributed by atoms with Crippen LogP contribution in [0.4, 0.5) is 5.69 Å². The summed E-state index contributed by atoms with van der Waals surface area (Å²) in [6.45, 7) is 0. The monoisotopic (exact) mass is 310 g/mol. The Morgan fingerprint density at radius 1 is 1.40 bits per heavy atom. The molecule has 0 saturated carbocycles. The molecule has 0 aliphatic heterocycles. The lowest BCUT2D eigenvalue weighted by molar-refractivity contribution is 0.594. The highest BCUT2D eigenvalue weighted by Crippen LogP contribution is 2.25. The Morgan fingerprint density at radius 2 is 2.05 bits per heavy atom. The molecule has 6 nitrogen and oxygen atoms in total. The highest BCUT2D eigenvalue weighted by atomic mass is 32.2. The van der Waals surface area contributed by atoms with Gasteiger partial charge in [-0.05, 0) is 12.1 Å². The van der Waals surface area contributed by atoms with Crippen molar-refractivity contribution in [3.8, 4) is 0 Å². The van der Waals surface area contributed by atoms with E-state index in [1.807, 2.05) is 0 Å². The van der Waals surface area contributed by atoms with Crippen LogP contribution in [0.5, 0.6) is 0 Å². The lowest BCUT2D eigenvalue weighted by atomic mass is 10.2. The van der Waals surface area contributed by atoms with Crippen molar-refractivity contribution < 1.29 is 8.42 Å². The Hall–Kier alpha value is -1.93. The first-order valence-corrected chi connectivity index (χ1v) is 7.55. The molecule has 1 aromatic heterocycles. The third kappa shape index (κ3) is 2.52. The number of thiocarbonyl (C=S) groups is 1. The molecular formula is C12H14N4O2S2. The fourth-order valence-electron chi connectivity index (χ4n) is 1.78. The SMILES string of the molecule is CN(c1ccccc1C(N)=S)S(=O)(=O)c1cnn(C)c1. The first-order chi connectivity index (χ1) is 9.34. The second kappa shape index (κ2) is 5.22. The van der Waals surface area contributed by atoms with Gasteiger partial charge in [0.2, 0.25) is 0 Å². The fourth-order valence-corrected chi connectivity index (χ4v) is 3.15. The second-order valence-electron chi connectivity index (χ2n) is 4.20. The molecular weight excluding hydrogens is 296 g/mol. The van der Waals surface area contributed by atoms with Gasteiger partial charge in [0.05, 0.1) is 11.9 Å². The first kappa shape index (κ1) is 14.5. The normalized spacial score (nSPS) is 11.3. The van der Waals surface area contributed by atoms with E-state index in [-0.39, 0.29) is 9.88 Å². The van der Waals surface area contributed by atoms with E-state index in [9.17, 15) is 8.42 Å². The summed E-state index contributed by atoms with van der Waals surface area (Å²) in [5.74, 6) is 0. The predicted octanol–water partition coefficient (Wildman–Crippen LogP) is 0.879. The Labute approximate surface area is 122 Å². The quantitative estimate of drug-likeness (QED) is 0.848. The Morgan fingerprint density at radius 3 is 2.60 bits per heavy atom. The number of rotatable bonds is 4. The van der Waals surface area contributed by atoms with Crippen LogP contribution >= 0.6 is 12.2 Å². The molecule has 1 heterocycles. The Kier molecular flexibility index (Phi) is 3.78. The molecule has 0 atom stereocenters. The molecule has 8 heteroatoms. The van der Waals surface area contributed by atoms with E-state index in [1.54, 1.807) is 31.3 Å². The van der Waals surface area contributed by atoms with Gasteiger partial charge in [-0.2, -0.15) is 5.10 Å². The molecule has 0 amide bonds. The van der Waals surface area contributed by atoms with Crippen LogP contribution < -0.4 is 10.0 Å². The molecule has 1 aromatic carbocycles. The molecule has 2 N–H and O–H groups in total. The maximum absolute atomic E-state index is 12.5. The van der Waals surface area contributed by atoms with Crippen molar-refractivity contribution in [2.75, 3.05) is 11.4 Å². The van der Waals surface area contributed by atoms with Gasteiger partial charge in [-0.25, -0.2) is 8.42 Å². The average Bonchev–Trinajstić information content (AvgIpc) is 2.85. The Balaban J connectivity index is 2.51. The van der Waals surface area contributed by atoms with E-state index in [4.69, 9.17) is 18.0 Å².